The van der Waals surface area contributed by atoms with Gasteiger partial charge in [0.2, 0.25) is 0 Å². The van der Waals surface area contributed by atoms with Crippen LogP contribution < -0.4 is 5.32 Å². The van der Waals surface area contributed by atoms with Crippen LogP contribution in [0, 0.1) is 12.7 Å². The van der Waals surface area contributed by atoms with Crippen LogP contribution in [0.1, 0.15) is 42.9 Å². The summed E-state index contributed by atoms with van der Waals surface area (Å²) in [7, 11) is 0. The second-order valence-corrected chi connectivity index (χ2v) is 5.58. The summed E-state index contributed by atoms with van der Waals surface area (Å²) in [6.07, 6.45) is 4.98. The molecular weight excluding hydrogens is 261 g/mol. The van der Waals surface area contributed by atoms with Crippen molar-refractivity contribution in [1.29, 1.82) is 0 Å². The van der Waals surface area contributed by atoms with E-state index in [9.17, 15) is 4.39 Å². The normalized spacial score (nSPS) is 10.6. The van der Waals surface area contributed by atoms with E-state index < -0.39 is 0 Å². The fourth-order valence-corrected chi connectivity index (χ4v) is 2.42. The van der Waals surface area contributed by atoms with E-state index in [1.807, 2.05) is 13.0 Å². The molecule has 0 bridgehead atoms. The zero-order chi connectivity index (χ0) is 15.1. The standard InChI is InChI=1S/C19H24FN/c1-3-4-5-6-16-7-11-19(12-8-16)21-14-17-9-10-18(20)13-15(17)2/h7-13,21H,3-6,14H2,1-2H3. The summed E-state index contributed by atoms with van der Waals surface area (Å²) >= 11 is 0. The molecule has 0 saturated carbocycles. The fourth-order valence-electron chi connectivity index (χ4n) is 2.42. The lowest BCUT2D eigenvalue weighted by Gasteiger charge is -2.10. The van der Waals surface area contributed by atoms with Crippen molar-refractivity contribution in [2.45, 2.75) is 46.1 Å². The van der Waals surface area contributed by atoms with Crippen molar-refractivity contribution < 1.29 is 4.39 Å². The van der Waals surface area contributed by atoms with Crippen LogP contribution in [0.15, 0.2) is 42.5 Å². The topological polar surface area (TPSA) is 12.0 Å². The molecule has 2 aromatic rings. The number of rotatable bonds is 7. The SMILES string of the molecule is CCCCCc1ccc(NCc2ccc(F)cc2C)cc1. The van der Waals surface area contributed by atoms with E-state index in [-0.39, 0.29) is 5.82 Å². The van der Waals surface area contributed by atoms with Crippen LogP contribution in [0.3, 0.4) is 0 Å². The molecular formula is C19H24FN. The van der Waals surface area contributed by atoms with E-state index in [0.717, 1.165) is 29.8 Å². The Kier molecular flexibility index (Phi) is 5.79. The Balaban J connectivity index is 1.88. The third-order valence-corrected chi connectivity index (χ3v) is 3.81. The molecule has 0 unspecified atom stereocenters. The summed E-state index contributed by atoms with van der Waals surface area (Å²) in [5.74, 6) is -0.173. The lowest BCUT2D eigenvalue weighted by Crippen LogP contribution is -2.01. The highest BCUT2D eigenvalue weighted by atomic mass is 19.1. The first kappa shape index (κ1) is 15.6. The van der Waals surface area contributed by atoms with Gasteiger partial charge in [-0.15, -0.1) is 0 Å². The Morgan fingerprint density at radius 3 is 2.43 bits per heavy atom. The van der Waals surface area contributed by atoms with Gasteiger partial charge in [-0.2, -0.15) is 0 Å². The van der Waals surface area contributed by atoms with Crippen LogP contribution >= 0.6 is 0 Å². The molecule has 0 spiro atoms. The van der Waals surface area contributed by atoms with E-state index in [4.69, 9.17) is 0 Å². The number of unbranched alkanes of at least 4 members (excludes halogenated alkanes) is 2. The van der Waals surface area contributed by atoms with Gasteiger partial charge < -0.3 is 5.32 Å². The molecule has 2 rings (SSSR count). The molecule has 0 aliphatic rings. The van der Waals surface area contributed by atoms with Crippen LogP contribution in [-0.4, -0.2) is 0 Å². The van der Waals surface area contributed by atoms with Crippen molar-refractivity contribution in [1.82, 2.24) is 0 Å². The minimum Gasteiger partial charge on any atom is -0.381 e. The number of benzene rings is 2. The van der Waals surface area contributed by atoms with E-state index in [1.54, 1.807) is 6.07 Å². The predicted octanol–water partition coefficient (Wildman–Crippen LogP) is 5.48. The van der Waals surface area contributed by atoms with Gasteiger partial charge in [-0.1, -0.05) is 38.0 Å². The van der Waals surface area contributed by atoms with Crippen molar-refractivity contribution in [3.8, 4) is 0 Å². The lowest BCUT2D eigenvalue weighted by molar-refractivity contribution is 0.625. The predicted molar refractivity (Wildman–Crippen MR) is 88.1 cm³/mol. The largest absolute Gasteiger partial charge is 0.381 e. The van der Waals surface area contributed by atoms with Gasteiger partial charge in [-0.05, 0) is 60.7 Å². The van der Waals surface area contributed by atoms with Gasteiger partial charge in [0.1, 0.15) is 5.82 Å². The monoisotopic (exact) mass is 285 g/mol. The van der Waals surface area contributed by atoms with Gasteiger partial charge in [0.05, 0.1) is 0 Å². The average Bonchev–Trinajstić information content (AvgIpc) is 2.48. The highest BCUT2D eigenvalue weighted by Gasteiger charge is 2.00. The van der Waals surface area contributed by atoms with Crippen LogP contribution in [0.5, 0.6) is 0 Å². The summed E-state index contributed by atoms with van der Waals surface area (Å²) < 4.78 is 13.1. The first-order valence-corrected chi connectivity index (χ1v) is 7.77. The quantitative estimate of drug-likeness (QED) is 0.664. The number of aryl methyl sites for hydroxylation is 2. The lowest BCUT2D eigenvalue weighted by atomic mass is 10.1. The molecule has 2 aromatic carbocycles. The van der Waals surface area contributed by atoms with Crippen molar-refractivity contribution >= 4 is 5.69 Å². The highest BCUT2D eigenvalue weighted by molar-refractivity contribution is 5.45. The van der Waals surface area contributed by atoms with Crippen LogP contribution in [0.4, 0.5) is 10.1 Å². The fraction of sp³-hybridized carbons (Fsp3) is 0.368. The van der Waals surface area contributed by atoms with Gasteiger partial charge in [0.25, 0.3) is 0 Å². The number of anilines is 1. The first-order valence-electron chi connectivity index (χ1n) is 7.77. The van der Waals surface area contributed by atoms with Crippen molar-refractivity contribution in [2.24, 2.45) is 0 Å². The first-order chi connectivity index (χ1) is 10.2. The molecule has 21 heavy (non-hydrogen) atoms. The van der Waals surface area contributed by atoms with E-state index in [2.05, 4.69) is 36.5 Å². The number of halogens is 1. The molecule has 112 valence electrons. The summed E-state index contributed by atoms with van der Waals surface area (Å²) in [5, 5.41) is 3.39. The summed E-state index contributed by atoms with van der Waals surface area (Å²) in [4.78, 5) is 0. The van der Waals surface area contributed by atoms with E-state index >= 15 is 0 Å². The Hall–Kier alpha value is -1.83. The molecule has 0 amide bonds. The maximum absolute atomic E-state index is 13.1. The zero-order valence-corrected chi connectivity index (χ0v) is 13.0. The smallest absolute Gasteiger partial charge is 0.123 e. The summed E-state index contributed by atoms with van der Waals surface area (Å²) in [5.41, 5.74) is 4.62. The Bertz CT molecular complexity index is 560. The van der Waals surface area contributed by atoms with Crippen LogP contribution in [0.2, 0.25) is 0 Å². The summed E-state index contributed by atoms with van der Waals surface area (Å²) in [6.45, 7) is 4.89. The number of hydrogen-bond donors (Lipinski definition) is 1. The van der Waals surface area contributed by atoms with Crippen LogP contribution in [-0.2, 0) is 13.0 Å². The molecule has 0 aliphatic heterocycles. The molecule has 0 fully saturated rings. The number of hydrogen-bond acceptors (Lipinski definition) is 1. The second-order valence-electron chi connectivity index (χ2n) is 5.58. The molecule has 1 N–H and O–H groups in total. The van der Waals surface area contributed by atoms with Crippen LogP contribution in [0.25, 0.3) is 0 Å². The maximum atomic E-state index is 13.1. The maximum Gasteiger partial charge on any atom is 0.123 e. The third-order valence-electron chi connectivity index (χ3n) is 3.81. The molecule has 2 heteroatoms. The highest BCUT2D eigenvalue weighted by Crippen LogP contribution is 2.15. The van der Waals surface area contributed by atoms with Crippen molar-refractivity contribution in [2.75, 3.05) is 5.32 Å². The minimum atomic E-state index is -0.173. The van der Waals surface area contributed by atoms with Gasteiger partial charge >= 0.3 is 0 Å². The van der Waals surface area contributed by atoms with Gasteiger partial charge in [-0.25, -0.2) is 4.39 Å². The zero-order valence-electron chi connectivity index (χ0n) is 13.0. The summed E-state index contributed by atoms with van der Waals surface area (Å²) in [6, 6.07) is 13.6. The minimum absolute atomic E-state index is 0.173. The second kappa shape index (κ2) is 7.82. The van der Waals surface area contributed by atoms with Crippen molar-refractivity contribution in [3.63, 3.8) is 0 Å². The molecule has 0 heterocycles. The van der Waals surface area contributed by atoms with E-state index in [1.165, 1.54) is 30.9 Å². The van der Waals surface area contributed by atoms with E-state index in [0.29, 0.717) is 0 Å². The van der Waals surface area contributed by atoms with Gasteiger partial charge in [-0.3, -0.25) is 0 Å². The molecule has 1 nitrogen and oxygen atoms in total. The average molecular weight is 285 g/mol. The molecule has 0 atom stereocenters. The molecule has 0 aromatic heterocycles. The Labute approximate surface area is 127 Å². The Morgan fingerprint density at radius 1 is 1.00 bits per heavy atom. The molecule has 0 saturated heterocycles. The number of nitrogens with one attached hydrogen (secondary N) is 1. The van der Waals surface area contributed by atoms with Gasteiger partial charge in [0.15, 0.2) is 0 Å². The molecule has 0 radical (unpaired) electrons. The Morgan fingerprint density at radius 2 is 1.76 bits per heavy atom. The van der Waals surface area contributed by atoms with Crippen molar-refractivity contribution in [3.05, 3.63) is 65.0 Å². The van der Waals surface area contributed by atoms with Gasteiger partial charge in [0, 0.05) is 12.2 Å². The molecule has 0 aliphatic carbocycles. The third kappa shape index (κ3) is 4.89.